The van der Waals surface area contributed by atoms with Crippen molar-refractivity contribution < 1.29 is 9.18 Å². The van der Waals surface area contributed by atoms with Crippen molar-refractivity contribution in [1.82, 2.24) is 19.7 Å². The minimum Gasteiger partial charge on any atom is -0.327 e. The van der Waals surface area contributed by atoms with Gasteiger partial charge in [0.15, 0.2) is 5.65 Å². The highest BCUT2D eigenvalue weighted by atomic mass is 32.2. The van der Waals surface area contributed by atoms with Gasteiger partial charge in [-0.25, -0.2) is 9.37 Å². The van der Waals surface area contributed by atoms with Crippen LogP contribution in [0.1, 0.15) is 5.56 Å². The predicted molar refractivity (Wildman–Crippen MR) is 104 cm³/mol. The van der Waals surface area contributed by atoms with Crippen molar-refractivity contribution in [3.05, 3.63) is 53.8 Å². The van der Waals surface area contributed by atoms with Crippen LogP contribution < -0.4 is 5.32 Å². The number of anilines is 1. The first-order valence-corrected chi connectivity index (χ1v) is 9.27. The van der Waals surface area contributed by atoms with E-state index in [1.807, 2.05) is 30.7 Å². The fourth-order valence-corrected chi connectivity index (χ4v) is 3.46. The number of hydrogen-bond donors (Lipinski definition) is 1. The van der Waals surface area contributed by atoms with Crippen molar-refractivity contribution in [2.24, 2.45) is 7.05 Å². The third-order valence-corrected chi connectivity index (χ3v) is 5.03. The third kappa shape index (κ3) is 3.48. The summed E-state index contributed by atoms with van der Waals surface area (Å²) < 4.78 is 14.9. The molecule has 6 nitrogen and oxygen atoms in total. The molecule has 0 aliphatic rings. The van der Waals surface area contributed by atoms with E-state index in [2.05, 4.69) is 26.6 Å². The molecule has 1 amide bonds. The Hall–Kier alpha value is -3.00. The van der Waals surface area contributed by atoms with Crippen LogP contribution >= 0.6 is 11.8 Å². The number of benzene rings is 2. The predicted octanol–water partition coefficient (Wildman–Crippen LogP) is 3.69. The van der Waals surface area contributed by atoms with Crippen LogP contribution in [0.3, 0.4) is 0 Å². The molecule has 0 fully saturated rings. The van der Waals surface area contributed by atoms with E-state index in [0.717, 1.165) is 27.6 Å². The van der Waals surface area contributed by atoms with Crippen molar-refractivity contribution in [3.8, 4) is 0 Å². The second kappa shape index (κ2) is 6.96. The Labute approximate surface area is 158 Å². The Morgan fingerprint density at radius 3 is 2.74 bits per heavy atom. The lowest BCUT2D eigenvalue weighted by molar-refractivity contribution is -0.113. The summed E-state index contributed by atoms with van der Waals surface area (Å²) in [6.45, 7) is 2.03. The summed E-state index contributed by atoms with van der Waals surface area (Å²) in [5, 5.41) is 12.6. The first-order chi connectivity index (χ1) is 13.0. The Kier molecular flexibility index (Phi) is 4.49. The van der Waals surface area contributed by atoms with Crippen molar-refractivity contribution in [2.45, 2.75) is 12.1 Å². The lowest BCUT2D eigenvalue weighted by atomic mass is 10.2. The van der Waals surface area contributed by atoms with E-state index in [4.69, 9.17) is 0 Å². The van der Waals surface area contributed by atoms with Crippen LogP contribution in [0.4, 0.5) is 10.1 Å². The number of rotatable bonds is 4. The van der Waals surface area contributed by atoms with E-state index in [0.29, 0.717) is 10.8 Å². The average molecular weight is 381 g/mol. The zero-order valence-corrected chi connectivity index (χ0v) is 15.5. The van der Waals surface area contributed by atoms with Crippen LogP contribution in [-0.2, 0) is 11.8 Å². The fraction of sp³-hybridized carbons (Fsp3) is 0.158. The SMILES string of the molecule is Cc1ccc2c(c1)c1nnc(SCC(=O)Nc3ccc(F)cc3)nc1n2C. The zero-order valence-electron chi connectivity index (χ0n) is 14.7. The number of nitrogens with zero attached hydrogens (tertiary/aromatic N) is 4. The van der Waals surface area contributed by atoms with Gasteiger partial charge < -0.3 is 9.88 Å². The van der Waals surface area contributed by atoms with E-state index in [-0.39, 0.29) is 17.5 Å². The number of amides is 1. The molecule has 0 atom stereocenters. The number of hydrogen-bond acceptors (Lipinski definition) is 5. The van der Waals surface area contributed by atoms with Gasteiger partial charge in [-0.05, 0) is 43.3 Å². The smallest absolute Gasteiger partial charge is 0.234 e. The van der Waals surface area contributed by atoms with Crippen LogP contribution in [0, 0.1) is 12.7 Å². The molecular weight excluding hydrogens is 365 g/mol. The number of thioether (sulfide) groups is 1. The molecule has 4 rings (SSSR count). The highest BCUT2D eigenvalue weighted by molar-refractivity contribution is 7.99. The second-order valence-corrected chi connectivity index (χ2v) is 7.13. The second-order valence-electron chi connectivity index (χ2n) is 6.19. The van der Waals surface area contributed by atoms with Crippen molar-refractivity contribution in [3.63, 3.8) is 0 Å². The molecule has 0 unspecified atom stereocenters. The van der Waals surface area contributed by atoms with Gasteiger partial charge in [0.2, 0.25) is 11.1 Å². The Bertz CT molecular complexity index is 1160. The topological polar surface area (TPSA) is 72.7 Å². The quantitative estimate of drug-likeness (QED) is 0.546. The molecule has 27 heavy (non-hydrogen) atoms. The summed E-state index contributed by atoms with van der Waals surface area (Å²) in [4.78, 5) is 16.6. The molecule has 0 radical (unpaired) electrons. The molecule has 8 heteroatoms. The molecule has 2 heterocycles. The van der Waals surface area contributed by atoms with E-state index >= 15 is 0 Å². The van der Waals surface area contributed by atoms with Gasteiger partial charge in [0, 0.05) is 18.1 Å². The van der Waals surface area contributed by atoms with E-state index < -0.39 is 0 Å². The summed E-state index contributed by atoms with van der Waals surface area (Å²) in [5.74, 6) is -0.434. The summed E-state index contributed by atoms with van der Waals surface area (Å²) in [6, 6.07) is 11.8. The average Bonchev–Trinajstić information content (AvgIpc) is 2.93. The summed E-state index contributed by atoms with van der Waals surface area (Å²) in [6.07, 6.45) is 0. The van der Waals surface area contributed by atoms with Crippen molar-refractivity contribution in [2.75, 3.05) is 11.1 Å². The first-order valence-electron chi connectivity index (χ1n) is 8.29. The first kappa shape index (κ1) is 17.4. The monoisotopic (exact) mass is 381 g/mol. The van der Waals surface area contributed by atoms with Gasteiger partial charge in [-0.15, -0.1) is 10.2 Å². The van der Waals surface area contributed by atoms with Crippen LogP contribution in [-0.4, -0.2) is 31.4 Å². The Morgan fingerprint density at radius 2 is 1.96 bits per heavy atom. The molecule has 2 aromatic heterocycles. The van der Waals surface area contributed by atoms with Gasteiger partial charge in [-0.3, -0.25) is 4.79 Å². The molecule has 0 saturated carbocycles. The van der Waals surface area contributed by atoms with E-state index in [1.54, 1.807) is 0 Å². The highest BCUT2D eigenvalue weighted by Gasteiger charge is 2.14. The Morgan fingerprint density at radius 1 is 1.19 bits per heavy atom. The van der Waals surface area contributed by atoms with Crippen molar-refractivity contribution in [1.29, 1.82) is 0 Å². The molecule has 0 aliphatic heterocycles. The molecule has 0 saturated heterocycles. The zero-order chi connectivity index (χ0) is 19.0. The summed E-state index contributed by atoms with van der Waals surface area (Å²) >= 11 is 1.20. The number of aryl methyl sites for hydroxylation is 2. The fourth-order valence-electron chi connectivity index (χ4n) is 2.88. The molecule has 0 spiro atoms. The summed E-state index contributed by atoms with van der Waals surface area (Å²) in [7, 11) is 1.93. The third-order valence-electron chi connectivity index (χ3n) is 4.20. The standard InChI is InChI=1S/C19H16FN5OS/c1-11-3-8-15-14(9-11)17-18(25(15)2)22-19(24-23-17)27-10-16(26)21-13-6-4-12(20)5-7-13/h3-9H,10H2,1-2H3,(H,21,26). The number of carbonyl (C=O) groups is 1. The minimum atomic E-state index is -0.347. The maximum Gasteiger partial charge on any atom is 0.234 e. The molecule has 0 aliphatic carbocycles. The normalized spacial score (nSPS) is 11.2. The van der Waals surface area contributed by atoms with Gasteiger partial charge in [0.25, 0.3) is 0 Å². The van der Waals surface area contributed by atoms with Gasteiger partial charge >= 0.3 is 0 Å². The van der Waals surface area contributed by atoms with E-state index in [9.17, 15) is 9.18 Å². The number of fused-ring (bicyclic) bond motifs is 3. The maximum absolute atomic E-state index is 12.9. The number of aromatic nitrogens is 4. The number of carbonyl (C=O) groups excluding carboxylic acids is 1. The van der Waals surface area contributed by atoms with Crippen molar-refractivity contribution >= 4 is 45.4 Å². The van der Waals surface area contributed by atoms with Gasteiger partial charge in [0.05, 0.1) is 11.3 Å². The molecule has 0 bridgehead atoms. The lowest BCUT2D eigenvalue weighted by Crippen LogP contribution is -2.14. The summed E-state index contributed by atoms with van der Waals surface area (Å²) in [5.41, 5.74) is 4.20. The molecule has 2 aromatic carbocycles. The maximum atomic E-state index is 12.9. The largest absolute Gasteiger partial charge is 0.327 e. The molecule has 4 aromatic rings. The Balaban J connectivity index is 1.52. The van der Waals surface area contributed by atoms with E-state index in [1.165, 1.54) is 36.0 Å². The van der Waals surface area contributed by atoms with Crippen LogP contribution in [0.15, 0.2) is 47.6 Å². The lowest BCUT2D eigenvalue weighted by Gasteiger charge is -2.04. The highest BCUT2D eigenvalue weighted by Crippen LogP contribution is 2.27. The van der Waals surface area contributed by atoms with Crippen LogP contribution in [0.5, 0.6) is 0 Å². The molecule has 1 N–H and O–H groups in total. The van der Waals surface area contributed by atoms with Gasteiger partial charge in [-0.2, -0.15) is 0 Å². The molecular formula is C19H16FN5OS. The number of halogens is 1. The van der Waals surface area contributed by atoms with Gasteiger partial charge in [-0.1, -0.05) is 23.4 Å². The van der Waals surface area contributed by atoms with Crippen LogP contribution in [0.2, 0.25) is 0 Å². The van der Waals surface area contributed by atoms with Gasteiger partial charge in [0.1, 0.15) is 11.3 Å². The minimum absolute atomic E-state index is 0.133. The van der Waals surface area contributed by atoms with Crippen LogP contribution in [0.25, 0.3) is 22.1 Å². The molecule has 136 valence electrons. The number of nitrogens with one attached hydrogen (secondary N) is 1.